The van der Waals surface area contributed by atoms with E-state index >= 15 is 0 Å². The van der Waals surface area contributed by atoms with Gasteiger partial charge in [-0.3, -0.25) is 18.6 Å². The van der Waals surface area contributed by atoms with E-state index < -0.39 is 20.0 Å². The lowest BCUT2D eigenvalue weighted by atomic mass is 10.0. The minimum atomic E-state index is -4.46. The maximum atomic E-state index is 13.6. The average Bonchev–Trinajstić information content (AvgIpc) is 3.70. The highest BCUT2D eigenvalue weighted by atomic mass is 31.2. The molecular formula is C77H142N2O7P+. The Kier molecular flexibility index (Phi) is 64.0. The fourth-order valence-electron chi connectivity index (χ4n) is 10.7. The molecule has 0 saturated carbocycles. The van der Waals surface area contributed by atoms with Crippen molar-refractivity contribution < 1.29 is 37.3 Å². The van der Waals surface area contributed by atoms with Crippen molar-refractivity contribution >= 4 is 19.7 Å². The number of nitrogens with zero attached hydrogens (tertiary/aromatic N) is 1. The lowest BCUT2D eigenvalue weighted by Gasteiger charge is -2.27. The van der Waals surface area contributed by atoms with Crippen molar-refractivity contribution in [3.63, 3.8) is 0 Å². The smallest absolute Gasteiger partial charge is 0.456 e. The Morgan fingerprint density at radius 3 is 1.11 bits per heavy atom. The van der Waals surface area contributed by atoms with Crippen LogP contribution in [-0.2, 0) is 27.9 Å². The normalized spacial score (nSPS) is 14.0. The van der Waals surface area contributed by atoms with Crippen LogP contribution in [-0.4, -0.2) is 74.3 Å². The van der Waals surface area contributed by atoms with Gasteiger partial charge in [-0.1, -0.05) is 312 Å². The Balaban J connectivity index is 4.97. The molecule has 0 aliphatic rings. The standard InChI is InChI=1S/C77H141N2O7P/c1-7-10-13-16-19-22-25-27-29-31-33-35-37-38-39-40-42-44-46-48-50-52-55-58-61-64-67-70-77(81)86-75(68-65-62-59-56-53-24-21-18-15-12-9-3)74(73-85-87(82,83)84-72-71-79(4,5)6)78-76(80)69-66-63-60-57-54-51-49-47-45-43-41-36-34-32-30-28-26-23-20-17-14-11-8-2/h11,14,20,23,27-30,34,36,43,45,65,68,74-75H,7-10,12-13,15-19,21-22,24-26,31-33,35,37-42,44,46-64,66-67,69-73H2,1-6H3,(H-,78,80,82,83)/p+1/b14-11-,23-20-,29-27+,30-28-,36-34-,45-43-,68-65+. The number of carbonyl (C=O) groups is 2. The highest BCUT2D eigenvalue weighted by Crippen LogP contribution is 2.43. The molecule has 0 aromatic heterocycles. The van der Waals surface area contributed by atoms with Crippen molar-refractivity contribution in [1.29, 1.82) is 0 Å². The Hall–Kier alpha value is -2.81. The van der Waals surface area contributed by atoms with E-state index in [1.165, 1.54) is 205 Å². The average molecular weight is 1240 g/mol. The minimum Gasteiger partial charge on any atom is -0.456 e. The molecule has 0 radical (unpaired) electrons. The molecule has 0 fully saturated rings. The molecule has 0 aromatic carbocycles. The van der Waals surface area contributed by atoms with Crippen LogP contribution in [0.15, 0.2) is 85.1 Å². The topological polar surface area (TPSA) is 111 Å². The van der Waals surface area contributed by atoms with Crippen LogP contribution in [0.25, 0.3) is 0 Å². The van der Waals surface area contributed by atoms with Gasteiger partial charge < -0.3 is 19.4 Å². The molecule has 9 nitrogen and oxygen atoms in total. The van der Waals surface area contributed by atoms with E-state index in [2.05, 4.69) is 99.0 Å². The fraction of sp³-hybridized carbons (Fsp3) is 0.792. The number of hydrogen-bond donors (Lipinski definition) is 2. The van der Waals surface area contributed by atoms with E-state index in [1.807, 2.05) is 33.3 Å². The monoisotopic (exact) mass is 1240 g/mol. The van der Waals surface area contributed by atoms with Gasteiger partial charge >= 0.3 is 13.8 Å². The molecule has 87 heavy (non-hydrogen) atoms. The molecule has 2 N–H and O–H groups in total. The van der Waals surface area contributed by atoms with E-state index in [9.17, 15) is 19.0 Å². The molecule has 0 aromatic rings. The first kappa shape index (κ1) is 84.2. The summed E-state index contributed by atoms with van der Waals surface area (Å²) in [7, 11) is 1.49. The minimum absolute atomic E-state index is 0.0359. The molecule has 0 aliphatic carbocycles. The van der Waals surface area contributed by atoms with Gasteiger partial charge in [-0.25, -0.2) is 4.57 Å². The second-order valence-electron chi connectivity index (χ2n) is 26.1. The number of allylic oxidation sites excluding steroid dienone is 13. The molecule has 0 spiro atoms. The molecule has 506 valence electrons. The van der Waals surface area contributed by atoms with Crippen LogP contribution in [0.1, 0.15) is 342 Å². The number of hydrogen-bond acceptors (Lipinski definition) is 6. The van der Waals surface area contributed by atoms with Crippen molar-refractivity contribution in [3.05, 3.63) is 85.1 Å². The van der Waals surface area contributed by atoms with E-state index in [0.29, 0.717) is 17.4 Å². The van der Waals surface area contributed by atoms with Crippen LogP contribution in [0.4, 0.5) is 0 Å². The van der Waals surface area contributed by atoms with Gasteiger partial charge in [0, 0.05) is 12.8 Å². The van der Waals surface area contributed by atoms with E-state index in [4.69, 9.17) is 13.8 Å². The zero-order valence-corrected chi connectivity index (χ0v) is 58.9. The van der Waals surface area contributed by atoms with Crippen molar-refractivity contribution in [2.45, 2.75) is 354 Å². The Labute approximate surface area is 539 Å². The summed E-state index contributed by atoms with van der Waals surface area (Å²) >= 11 is 0. The van der Waals surface area contributed by atoms with Gasteiger partial charge in [-0.15, -0.1) is 0 Å². The molecule has 3 atom stereocenters. The second-order valence-corrected chi connectivity index (χ2v) is 27.5. The van der Waals surface area contributed by atoms with Gasteiger partial charge in [0.15, 0.2) is 0 Å². The van der Waals surface area contributed by atoms with Crippen molar-refractivity contribution in [3.8, 4) is 0 Å². The van der Waals surface area contributed by atoms with Crippen LogP contribution < -0.4 is 5.32 Å². The number of ether oxygens (including phenoxy) is 1. The predicted molar refractivity (Wildman–Crippen MR) is 378 cm³/mol. The number of phosphoric acid groups is 1. The van der Waals surface area contributed by atoms with Crippen LogP contribution >= 0.6 is 7.82 Å². The predicted octanol–water partition coefficient (Wildman–Crippen LogP) is 23.7. The first-order valence-corrected chi connectivity index (χ1v) is 38.4. The SMILES string of the molecule is CC/C=C\C/C=C\C/C=C\C/C=C\C/C=C\CCCCCCCCCC(=O)NC(COP(=O)(O)OCC[N+](C)(C)C)C(/C=C/CCCCCCCCCCC)OC(=O)CCCCCCCCCCCCCCCCCCC/C=C/CCCCCCCC. The third kappa shape index (κ3) is 67.4. The third-order valence-electron chi connectivity index (χ3n) is 16.3. The zero-order chi connectivity index (χ0) is 63.5. The number of amides is 1. The molecule has 0 heterocycles. The number of carbonyl (C=O) groups excluding carboxylic acids is 2. The Morgan fingerprint density at radius 1 is 0.414 bits per heavy atom. The highest BCUT2D eigenvalue weighted by Gasteiger charge is 2.30. The molecule has 0 bridgehead atoms. The van der Waals surface area contributed by atoms with Crippen molar-refractivity contribution in [2.75, 3.05) is 40.9 Å². The third-order valence-corrected chi connectivity index (χ3v) is 17.3. The van der Waals surface area contributed by atoms with Gasteiger partial charge in [0.1, 0.15) is 19.3 Å². The largest absolute Gasteiger partial charge is 0.472 e. The van der Waals surface area contributed by atoms with E-state index in [-0.39, 0.29) is 31.5 Å². The second kappa shape index (κ2) is 66.1. The summed E-state index contributed by atoms with van der Waals surface area (Å²) in [5, 5.41) is 3.07. The maximum absolute atomic E-state index is 13.6. The lowest BCUT2D eigenvalue weighted by molar-refractivity contribution is -0.870. The summed E-state index contributed by atoms with van der Waals surface area (Å²) in [6.07, 6.45) is 89.0. The van der Waals surface area contributed by atoms with Crippen LogP contribution in [0.5, 0.6) is 0 Å². The fourth-order valence-corrected chi connectivity index (χ4v) is 11.4. The number of unbranched alkanes of at least 4 members (excludes halogenated alkanes) is 39. The molecule has 1 amide bonds. The molecular weight excluding hydrogens is 1100 g/mol. The number of rotatable bonds is 67. The highest BCUT2D eigenvalue weighted by molar-refractivity contribution is 7.47. The molecule has 0 aliphatic heterocycles. The molecule has 3 unspecified atom stereocenters. The molecule has 10 heteroatoms. The van der Waals surface area contributed by atoms with Gasteiger partial charge in [-0.05, 0) is 102 Å². The number of likely N-dealkylation sites (N-methyl/N-ethyl adjacent to an activating group) is 1. The molecule has 0 rings (SSSR count). The molecule has 0 saturated heterocycles. The number of nitrogens with one attached hydrogen (secondary N) is 1. The number of phosphoric ester groups is 1. The van der Waals surface area contributed by atoms with E-state index in [1.54, 1.807) is 0 Å². The van der Waals surface area contributed by atoms with Crippen molar-refractivity contribution in [1.82, 2.24) is 5.32 Å². The van der Waals surface area contributed by atoms with Crippen LogP contribution in [0, 0.1) is 0 Å². The summed E-state index contributed by atoms with van der Waals surface area (Å²) in [5.74, 6) is -0.509. The van der Waals surface area contributed by atoms with Crippen LogP contribution in [0.3, 0.4) is 0 Å². The van der Waals surface area contributed by atoms with Gasteiger partial charge in [0.2, 0.25) is 5.91 Å². The Morgan fingerprint density at radius 2 is 0.736 bits per heavy atom. The van der Waals surface area contributed by atoms with Crippen LogP contribution in [0.2, 0.25) is 0 Å². The first-order valence-electron chi connectivity index (χ1n) is 36.9. The number of quaternary nitrogens is 1. The summed E-state index contributed by atoms with van der Waals surface area (Å²) in [6.45, 7) is 6.92. The van der Waals surface area contributed by atoms with E-state index in [0.717, 1.165) is 103 Å². The van der Waals surface area contributed by atoms with Crippen molar-refractivity contribution in [2.24, 2.45) is 0 Å². The summed E-state index contributed by atoms with van der Waals surface area (Å²) in [5.41, 5.74) is 0. The summed E-state index contributed by atoms with van der Waals surface area (Å²) in [6, 6.07) is -0.858. The lowest BCUT2D eigenvalue weighted by Crippen LogP contribution is -2.47. The quantitative estimate of drug-likeness (QED) is 0.0205. The number of esters is 1. The summed E-state index contributed by atoms with van der Waals surface area (Å²) < 4.78 is 30.8. The van der Waals surface area contributed by atoms with Gasteiger partial charge in [-0.2, -0.15) is 0 Å². The maximum Gasteiger partial charge on any atom is 0.472 e. The van der Waals surface area contributed by atoms with Gasteiger partial charge in [0.05, 0.1) is 33.8 Å². The summed E-state index contributed by atoms with van der Waals surface area (Å²) in [4.78, 5) is 37.9. The van der Waals surface area contributed by atoms with Gasteiger partial charge in [0.25, 0.3) is 0 Å². The Bertz CT molecular complexity index is 1760. The first-order chi connectivity index (χ1) is 42.4. The zero-order valence-electron chi connectivity index (χ0n) is 58.0.